The Hall–Kier alpha value is -2.64. The van der Waals surface area contributed by atoms with E-state index in [0.717, 1.165) is 20.8 Å². The number of hydrogen-bond acceptors (Lipinski definition) is 6. The predicted octanol–water partition coefficient (Wildman–Crippen LogP) is 3.96. The van der Waals surface area contributed by atoms with Gasteiger partial charge in [-0.15, -0.1) is 11.3 Å². The maximum absolute atomic E-state index is 12.8. The lowest BCUT2D eigenvalue weighted by atomic mass is 10.1. The van der Waals surface area contributed by atoms with Crippen LogP contribution in [0.4, 0.5) is 0 Å². The van der Waals surface area contributed by atoms with Crippen molar-refractivity contribution in [3.05, 3.63) is 53.0 Å². The molecule has 154 valence electrons. The third-order valence-electron chi connectivity index (χ3n) is 5.03. The molecule has 0 unspecified atom stereocenters. The van der Waals surface area contributed by atoms with Crippen molar-refractivity contribution < 1.29 is 14.3 Å². The largest absolute Gasteiger partial charge is 0.493 e. The molecule has 7 heteroatoms. The first-order chi connectivity index (χ1) is 13.9. The van der Waals surface area contributed by atoms with Gasteiger partial charge in [0.05, 0.1) is 37.0 Å². The number of carbonyl (C=O) groups is 1. The number of amides is 1. The molecule has 1 heterocycles. The minimum absolute atomic E-state index is 0.0327. The van der Waals surface area contributed by atoms with Crippen LogP contribution < -0.4 is 9.47 Å². The summed E-state index contributed by atoms with van der Waals surface area (Å²) in [5, 5.41) is 1.01. The summed E-state index contributed by atoms with van der Waals surface area (Å²) in [6, 6.07) is 13.8. The van der Waals surface area contributed by atoms with Gasteiger partial charge in [0.1, 0.15) is 5.01 Å². The average molecular weight is 414 g/mol. The van der Waals surface area contributed by atoms with Crippen molar-refractivity contribution in [3.63, 3.8) is 0 Å². The van der Waals surface area contributed by atoms with E-state index in [0.29, 0.717) is 24.6 Å². The Labute approximate surface area is 175 Å². The number of likely N-dealkylation sites (N-methyl/N-ethyl adjacent to an activating group) is 2. The molecule has 0 radical (unpaired) electrons. The molecular weight excluding hydrogens is 386 g/mol. The molecule has 0 aliphatic rings. The fourth-order valence-electron chi connectivity index (χ4n) is 3.15. The van der Waals surface area contributed by atoms with Crippen LogP contribution in [0.25, 0.3) is 10.2 Å². The predicted molar refractivity (Wildman–Crippen MR) is 117 cm³/mol. The van der Waals surface area contributed by atoms with E-state index >= 15 is 0 Å². The molecule has 0 aliphatic heterocycles. The Kier molecular flexibility index (Phi) is 6.71. The molecule has 0 spiro atoms. The second-order valence-corrected chi connectivity index (χ2v) is 8.08. The van der Waals surface area contributed by atoms with E-state index < -0.39 is 0 Å². The maximum atomic E-state index is 12.8. The molecule has 0 saturated heterocycles. The maximum Gasteiger partial charge on any atom is 0.236 e. The number of benzene rings is 2. The molecule has 6 nitrogen and oxygen atoms in total. The van der Waals surface area contributed by atoms with Gasteiger partial charge < -0.3 is 14.4 Å². The summed E-state index contributed by atoms with van der Waals surface area (Å²) in [5.41, 5.74) is 1.91. The number of hydrogen-bond donors (Lipinski definition) is 0. The van der Waals surface area contributed by atoms with E-state index in [4.69, 9.17) is 14.5 Å². The number of methoxy groups -OCH3 is 2. The summed E-state index contributed by atoms with van der Waals surface area (Å²) < 4.78 is 12.0. The van der Waals surface area contributed by atoms with Gasteiger partial charge in [0.25, 0.3) is 0 Å². The summed E-state index contributed by atoms with van der Waals surface area (Å²) in [6.07, 6.45) is 0. The molecule has 1 amide bonds. The second kappa shape index (κ2) is 9.24. The molecule has 0 fully saturated rings. The highest BCUT2D eigenvalue weighted by Crippen LogP contribution is 2.32. The lowest BCUT2D eigenvalue weighted by Gasteiger charge is -2.26. The van der Waals surface area contributed by atoms with Crippen LogP contribution in [-0.2, 0) is 11.3 Å². The third-order valence-corrected chi connectivity index (χ3v) is 6.24. The molecule has 1 atom stereocenters. The summed E-state index contributed by atoms with van der Waals surface area (Å²) in [7, 11) is 6.97. The topological polar surface area (TPSA) is 54.9 Å². The number of carbonyl (C=O) groups excluding carboxylic acids is 1. The van der Waals surface area contributed by atoms with Gasteiger partial charge in [0.15, 0.2) is 11.5 Å². The molecule has 0 N–H and O–H groups in total. The van der Waals surface area contributed by atoms with Gasteiger partial charge >= 0.3 is 0 Å². The number of thiazole rings is 1. The zero-order valence-electron chi connectivity index (χ0n) is 17.5. The van der Waals surface area contributed by atoms with Crippen molar-refractivity contribution in [3.8, 4) is 11.5 Å². The lowest BCUT2D eigenvalue weighted by Crippen LogP contribution is -2.37. The molecule has 29 heavy (non-hydrogen) atoms. The first kappa shape index (κ1) is 21.1. The van der Waals surface area contributed by atoms with Gasteiger partial charge in [-0.05, 0) is 32.2 Å². The molecule has 1 aromatic heterocycles. The Morgan fingerprint density at radius 2 is 1.86 bits per heavy atom. The Balaban J connectivity index is 1.66. The van der Waals surface area contributed by atoms with Gasteiger partial charge in [0.2, 0.25) is 5.91 Å². The van der Waals surface area contributed by atoms with Crippen molar-refractivity contribution in [2.45, 2.75) is 19.5 Å². The fraction of sp³-hybridized carbons (Fsp3) is 0.364. The third kappa shape index (κ3) is 4.68. The Morgan fingerprint density at radius 3 is 2.55 bits per heavy atom. The number of rotatable bonds is 8. The van der Waals surface area contributed by atoms with Crippen molar-refractivity contribution in [2.24, 2.45) is 0 Å². The number of ether oxygens (including phenoxy) is 2. The van der Waals surface area contributed by atoms with Crippen LogP contribution in [0, 0.1) is 0 Å². The van der Waals surface area contributed by atoms with Crippen LogP contribution in [0.5, 0.6) is 11.5 Å². The van der Waals surface area contributed by atoms with Crippen LogP contribution >= 0.6 is 11.3 Å². The standard InChI is InChI=1S/C22H27N3O3S/c1-15(22-23-17-10-6-7-12-19(17)29-22)24(2)14-20(26)25(3)13-16-9-8-11-18(27-4)21(16)28-5/h6-12,15H,13-14H2,1-5H3/t15-/m0/s1. The van der Waals surface area contributed by atoms with Crippen LogP contribution in [0.2, 0.25) is 0 Å². The number of aromatic nitrogens is 1. The van der Waals surface area contributed by atoms with Crippen LogP contribution in [-0.4, -0.2) is 55.6 Å². The number of para-hydroxylation sites is 2. The van der Waals surface area contributed by atoms with Crippen LogP contribution in [0.15, 0.2) is 42.5 Å². The van der Waals surface area contributed by atoms with E-state index in [1.165, 1.54) is 0 Å². The monoisotopic (exact) mass is 413 g/mol. The van der Waals surface area contributed by atoms with Crippen molar-refractivity contribution in [1.29, 1.82) is 0 Å². The molecule has 0 aliphatic carbocycles. The summed E-state index contributed by atoms with van der Waals surface area (Å²) >= 11 is 1.67. The van der Waals surface area contributed by atoms with E-state index in [1.54, 1.807) is 37.5 Å². The summed E-state index contributed by atoms with van der Waals surface area (Å²) in [4.78, 5) is 21.3. The fourth-order valence-corrected chi connectivity index (χ4v) is 4.23. The van der Waals surface area contributed by atoms with E-state index in [1.807, 2.05) is 48.3 Å². The van der Waals surface area contributed by atoms with Crippen molar-refractivity contribution in [2.75, 3.05) is 34.9 Å². The van der Waals surface area contributed by atoms with E-state index in [-0.39, 0.29) is 11.9 Å². The van der Waals surface area contributed by atoms with Gasteiger partial charge in [-0.2, -0.15) is 0 Å². The highest BCUT2D eigenvalue weighted by Gasteiger charge is 2.21. The van der Waals surface area contributed by atoms with Gasteiger partial charge in [-0.1, -0.05) is 24.3 Å². The van der Waals surface area contributed by atoms with E-state index in [2.05, 4.69) is 13.0 Å². The SMILES string of the molecule is COc1cccc(CN(C)C(=O)CN(C)[C@@H](C)c2nc3ccccc3s2)c1OC. The van der Waals surface area contributed by atoms with Crippen molar-refractivity contribution >= 4 is 27.5 Å². The molecular formula is C22H27N3O3S. The zero-order valence-corrected chi connectivity index (χ0v) is 18.3. The molecule has 2 aromatic carbocycles. The highest BCUT2D eigenvalue weighted by atomic mass is 32.1. The van der Waals surface area contributed by atoms with E-state index in [9.17, 15) is 4.79 Å². The summed E-state index contributed by atoms with van der Waals surface area (Å²) in [5.74, 6) is 1.35. The lowest BCUT2D eigenvalue weighted by molar-refractivity contribution is -0.131. The second-order valence-electron chi connectivity index (χ2n) is 7.01. The molecule has 0 saturated carbocycles. The van der Waals surface area contributed by atoms with Gasteiger partial charge in [-0.25, -0.2) is 4.98 Å². The van der Waals surface area contributed by atoms with Gasteiger partial charge in [-0.3, -0.25) is 9.69 Å². The highest BCUT2D eigenvalue weighted by molar-refractivity contribution is 7.18. The summed E-state index contributed by atoms with van der Waals surface area (Å²) in [6.45, 7) is 2.83. The molecule has 3 rings (SSSR count). The number of fused-ring (bicyclic) bond motifs is 1. The first-order valence-electron chi connectivity index (χ1n) is 9.44. The minimum Gasteiger partial charge on any atom is -0.493 e. The quantitative estimate of drug-likeness (QED) is 0.559. The minimum atomic E-state index is 0.0327. The molecule has 0 bridgehead atoms. The molecule has 3 aromatic rings. The van der Waals surface area contributed by atoms with Crippen LogP contribution in [0.3, 0.4) is 0 Å². The first-order valence-corrected chi connectivity index (χ1v) is 10.3. The number of nitrogens with zero attached hydrogens (tertiary/aromatic N) is 3. The Bertz CT molecular complexity index is 955. The Morgan fingerprint density at radius 1 is 1.10 bits per heavy atom. The van der Waals surface area contributed by atoms with Crippen LogP contribution in [0.1, 0.15) is 23.5 Å². The average Bonchev–Trinajstić information content (AvgIpc) is 3.16. The normalized spacial score (nSPS) is 12.2. The zero-order chi connectivity index (χ0) is 21.0. The van der Waals surface area contributed by atoms with Gasteiger partial charge in [0, 0.05) is 19.2 Å². The van der Waals surface area contributed by atoms with Crippen molar-refractivity contribution in [1.82, 2.24) is 14.8 Å². The smallest absolute Gasteiger partial charge is 0.236 e.